The van der Waals surface area contributed by atoms with Crippen LogP contribution in [0.3, 0.4) is 0 Å². The molecule has 26 heavy (non-hydrogen) atoms. The average Bonchev–Trinajstić information content (AvgIpc) is 3.11. The van der Waals surface area contributed by atoms with Gasteiger partial charge in [0.05, 0.1) is 16.3 Å². The fourth-order valence-corrected chi connectivity index (χ4v) is 3.47. The molecule has 0 bridgehead atoms. The molecule has 0 amide bonds. The second-order valence-electron chi connectivity index (χ2n) is 5.89. The fourth-order valence-electron chi connectivity index (χ4n) is 3.47. The van der Waals surface area contributed by atoms with Crippen LogP contribution in [0.25, 0.3) is 0 Å². The van der Waals surface area contributed by atoms with Crippen molar-refractivity contribution in [3.8, 4) is 6.07 Å². The maximum Gasteiger partial charge on any atom is 0.299 e. The molecule has 10 heteroatoms. The lowest BCUT2D eigenvalue weighted by Gasteiger charge is -2.31. The Morgan fingerprint density at radius 3 is 2.88 bits per heavy atom. The Balaban J connectivity index is 2.10. The van der Waals surface area contributed by atoms with Crippen LogP contribution in [0.15, 0.2) is 35.9 Å². The van der Waals surface area contributed by atoms with Crippen LogP contribution in [0.5, 0.6) is 0 Å². The number of nitrogens with zero attached hydrogens (tertiary/aromatic N) is 5. The van der Waals surface area contributed by atoms with E-state index in [0.717, 1.165) is 0 Å². The quantitative estimate of drug-likeness (QED) is 0.518. The number of allylic oxidation sites excluding steroid dienone is 1. The van der Waals surface area contributed by atoms with Crippen molar-refractivity contribution in [1.29, 1.82) is 5.26 Å². The van der Waals surface area contributed by atoms with Crippen molar-refractivity contribution in [3.05, 3.63) is 62.8 Å². The van der Waals surface area contributed by atoms with E-state index in [2.05, 4.69) is 15.3 Å². The summed E-state index contributed by atoms with van der Waals surface area (Å²) in [5.74, 6) is -0.0908. The van der Waals surface area contributed by atoms with E-state index >= 15 is 0 Å². The molecular formula is C16H14N8O2. The molecule has 130 valence electrons. The number of rotatable bonds is 2. The van der Waals surface area contributed by atoms with Gasteiger partial charge < -0.3 is 21.7 Å². The van der Waals surface area contributed by atoms with Gasteiger partial charge in [-0.1, -0.05) is 6.07 Å². The van der Waals surface area contributed by atoms with Crippen molar-refractivity contribution in [3.63, 3.8) is 0 Å². The summed E-state index contributed by atoms with van der Waals surface area (Å²) in [6, 6.07) is 7.08. The molecule has 0 aliphatic carbocycles. The molecular weight excluding hydrogens is 336 g/mol. The Hall–Kier alpha value is -3.87. The molecule has 0 aromatic carbocycles. The van der Waals surface area contributed by atoms with Crippen LogP contribution in [0, 0.1) is 21.4 Å². The molecule has 0 saturated carbocycles. The van der Waals surface area contributed by atoms with Crippen molar-refractivity contribution in [2.45, 2.75) is 5.92 Å². The Morgan fingerprint density at radius 1 is 1.42 bits per heavy atom. The minimum atomic E-state index is -0.863. The van der Waals surface area contributed by atoms with Gasteiger partial charge in [0, 0.05) is 24.8 Å². The zero-order valence-corrected chi connectivity index (χ0v) is 13.5. The number of nitrogens with one attached hydrogen (secondary N) is 1. The first-order chi connectivity index (χ1) is 12.5. The van der Waals surface area contributed by atoms with Gasteiger partial charge in [-0.3, -0.25) is 15.1 Å². The Morgan fingerprint density at radius 2 is 2.23 bits per heavy atom. The van der Waals surface area contributed by atoms with Gasteiger partial charge in [-0.25, -0.2) is 4.98 Å². The van der Waals surface area contributed by atoms with Crippen LogP contribution in [0.1, 0.15) is 22.7 Å². The van der Waals surface area contributed by atoms with E-state index in [0.29, 0.717) is 36.0 Å². The number of fused-ring (bicyclic) bond motifs is 3. The number of aromatic nitrogens is 2. The van der Waals surface area contributed by atoms with E-state index in [1.54, 1.807) is 29.3 Å². The predicted octanol–water partition coefficient (Wildman–Crippen LogP) is 0.514. The van der Waals surface area contributed by atoms with Crippen molar-refractivity contribution in [2.75, 3.05) is 29.5 Å². The van der Waals surface area contributed by atoms with Crippen LogP contribution >= 0.6 is 0 Å². The summed E-state index contributed by atoms with van der Waals surface area (Å²) < 4.78 is 0. The zero-order valence-electron chi connectivity index (χ0n) is 13.5. The average molecular weight is 350 g/mol. The SMILES string of the molecule is N#Cc1c(N)nc2c(c1N)C(c1ccccn1)C([N+](=O)[O-])=C1NCCN12. The molecule has 0 radical (unpaired) electrons. The highest BCUT2D eigenvalue weighted by Crippen LogP contribution is 2.47. The maximum atomic E-state index is 11.9. The number of nitriles is 1. The molecule has 1 unspecified atom stereocenters. The maximum absolute atomic E-state index is 11.9. The van der Waals surface area contributed by atoms with Gasteiger partial charge in [0.2, 0.25) is 0 Å². The first-order valence-electron chi connectivity index (χ1n) is 7.84. The molecule has 2 aromatic rings. The van der Waals surface area contributed by atoms with Crippen molar-refractivity contribution >= 4 is 17.3 Å². The number of nitrogen functional groups attached to an aromatic ring is 2. The van der Waals surface area contributed by atoms with E-state index in [4.69, 9.17) is 11.5 Å². The zero-order chi connectivity index (χ0) is 18.4. The predicted molar refractivity (Wildman–Crippen MR) is 93.2 cm³/mol. The van der Waals surface area contributed by atoms with Gasteiger partial charge in [-0.2, -0.15) is 5.26 Å². The fraction of sp³-hybridized carbons (Fsp3) is 0.188. The molecule has 5 N–H and O–H groups in total. The molecule has 2 aliphatic rings. The number of nitrogens with two attached hydrogens (primary N) is 2. The summed E-state index contributed by atoms with van der Waals surface area (Å²) in [4.78, 5) is 21.8. The van der Waals surface area contributed by atoms with Crippen molar-refractivity contribution in [1.82, 2.24) is 15.3 Å². The van der Waals surface area contributed by atoms with Gasteiger partial charge in [0.1, 0.15) is 29.2 Å². The topological polar surface area (TPSA) is 160 Å². The van der Waals surface area contributed by atoms with Crippen LogP contribution < -0.4 is 21.7 Å². The summed E-state index contributed by atoms with van der Waals surface area (Å²) in [6.07, 6.45) is 1.55. The lowest BCUT2D eigenvalue weighted by atomic mass is 9.87. The molecule has 1 fully saturated rings. The van der Waals surface area contributed by atoms with Crippen LogP contribution in [-0.2, 0) is 0 Å². The summed E-state index contributed by atoms with van der Waals surface area (Å²) in [6.45, 7) is 0.995. The summed E-state index contributed by atoms with van der Waals surface area (Å²) in [7, 11) is 0. The molecule has 1 saturated heterocycles. The molecule has 2 aliphatic heterocycles. The summed E-state index contributed by atoms with van der Waals surface area (Å²) in [5, 5.41) is 24.4. The third-order valence-corrected chi connectivity index (χ3v) is 4.53. The smallest absolute Gasteiger partial charge is 0.299 e. The third-order valence-electron chi connectivity index (χ3n) is 4.53. The molecule has 4 rings (SSSR count). The normalized spacial score (nSPS) is 18.0. The summed E-state index contributed by atoms with van der Waals surface area (Å²) in [5.41, 5.74) is 13.0. The second kappa shape index (κ2) is 5.59. The first kappa shape index (κ1) is 15.6. The minimum Gasteiger partial charge on any atom is -0.397 e. The van der Waals surface area contributed by atoms with E-state index in [9.17, 15) is 15.4 Å². The Bertz CT molecular complexity index is 996. The van der Waals surface area contributed by atoms with Gasteiger partial charge in [-0.05, 0) is 12.1 Å². The van der Waals surface area contributed by atoms with E-state index in [1.165, 1.54) is 0 Å². The standard InChI is InChI=1S/C16H14N8O2/c17-7-8-12(18)11-10(9-3-1-2-4-20-9)13(24(25)26)16-21-5-6-23(16)15(11)22-14(8)19/h1-4,10,21H,5-6H2,(H4,18,19,22). The number of anilines is 3. The molecule has 0 spiro atoms. The lowest BCUT2D eigenvalue weighted by Crippen LogP contribution is -2.34. The minimum absolute atomic E-state index is 0.000626. The monoisotopic (exact) mass is 350 g/mol. The highest BCUT2D eigenvalue weighted by atomic mass is 16.6. The van der Waals surface area contributed by atoms with Gasteiger partial charge in [0.15, 0.2) is 5.82 Å². The highest BCUT2D eigenvalue weighted by Gasteiger charge is 2.46. The number of hydrogen-bond donors (Lipinski definition) is 3. The van der Waals surface area contributed by atoms with E-state index < -0.39 is 10.8 Å². The van der Waals surface area contributed by atoms with Crippen molar-refractivity contribution in [2.24, 2.45) is 0 Å². The van der Waals surface area contributed by atoms with Crippen LogP contribution in [-0.4, -0.2) is 28.0 Å². The summed E-state index contributed by atoms with van der Waals surface area (Å²) >= 11 is 0. The van der Waals surface area contributed by atoms with E-state index in [-0.39, 0.29) is 22.8 Å². The number of nitro groups is 1. The van der Waals surface area contributed by atoms with Crippen molar-refractivity contribution < 1.29 is 4.92 Å². The second-order valence-corrected chi connectivity index (χ2v) is 5.89. The number of pyridine rings is 2. The van der Waals surface area contributed by atoms with Gasteiger partial charge >= 0.3 is 0 Å². The van der Waals surface area contributed by atoms with E-state index in [1.807, 2.05) is 6.07 Å². The molecule has 4 heterocycles. The molecule has 1 atom stereocenters. The number of hydrogen-bond acceptors (Lipinski definition) is 9. The molecule has 10 nitrogen and oxygen atoms in total. The Labute approximate surface area is 147 Å². The Kier molecular flexibility index (Phi) is 3.37. The highest BCUT2D eigenvalue weighted by molar-refractivity contribution is 5.79. The molecule has 2 aromatic heterocycles. The lowest BCUT2D eigenvalue weighted by molar-refractivity contribution is -0.431. The van der Waals surface area contributed by atoms with Gasteiger partial charge in [-0.15, -0.1) is 0 Å². The third kappa shape index (κ3) is 2.04. The van der Waals surface area contributed by atoms with Crippen LogP contribution in [0.2, 0.25) is 0 Å². The first-order valence-corrected chi connectivity index (χ1v) is 7.84. The van der Waals surface area contributed by atoms with Gasteiger partial charge in [0.25, 0.3) is 5.70 Å². The van der Waals surface area contributed by atoms with Crippen LogP contribution in [0.4, 0.5) is 17.3 Å². The largest absolute Gasteiger partial charge is 0.397 e.